The van der Waals surface area contributed by atoms with E-state index < -0.39 is 0 Å². The normalized spacial score (nSPS) is 15.4. The number of fused-ring (bicyclic) bond motifs is 1. The second-order valence-corrected chi connectivity index (χ2v) is 8.43. The van der Waals surface area contributed by atoms with Crippen molar-refractivity contribution in [1.82, 2.24) is 4.98 Å². The van der Waals surface area contributed by atoms with Gasteiger partial charge in [0.1, 0.15) is 5.15 Å². The zero-order valence-electron chi connectivity index (χ0n) is 16.8. The van der Waals surface area contributed by atoms with Crippen molar-refractivity contribution in [3.05, 3.63) is 34.5 Å². The van der Waals surface area contributed by atoms with Crippen molar-refractivity contribution in [2.45, 2.75) is 85.5 Å². The Bertz CT molecular complexity index is 657. The lowest BCUT2D eigenvalue weighted by Gasteiger charge is -2.27. The van der Waals surface area contributed by atoms with Crippen LogP contribution in [0.15, 0.2) is 18.2 Å². The molecule has 0 spiro atoms. The van der Waals surface area contributed by atoms with Crippen molar-refractivity contribution in [2.75, 3.05) is 0 Å². The highest BCUT2D eigenvalue weighted by Gasteiger charge is 2.21. The number of H-pyrrole nitrogens is 1. The van der Waals surface area contributed by atoms with Gasteiger partial charge in [0.15, 0.2) is 0 Å². The van der Waals surface area contributed by atoms with Crippen LogP contribution in [-0.4, -0.2) is 4.98 Å². The summed E-state index contributed by atoms with van der Waals surface area (Å²) in [5, 5.41) is 2.04. The van der Waals surface area contributed by atoms with Crippen molar-refractivity contribution in [3.8, 4) is 0 Å². The minimum atomic E-state index is 0.576. The number of aryl methyl sites for hydroxylation is 1. The fourth-order valence-electron chi connectivity index (χ4n) is 3.90. The molecule has 1 heterocycles. The van der Waals surface area contributed by atoms with Crippen LogP contribution < -0.4 is 0 Å². The van der Waals surface area contributed by atoms with Gasteiger partial charge in [0.05, 0.1) is 0 Å². The Hall–Kier alpha value is -0.950. The molecule has 1 nitrogen and oxygen atoms in total. The van der Waals surface area contributed by atoms with Crippen molar-refractivity contribution < 1.29 is 0 Å². The van der Waals surface area contributed by atoms with Gasteiger partial charge in [-0.05, 0) is 47.9 Å². The molecule has 0 saturated heterocycles. The highest BCUT2D eigenvalue weighted by molar-refractivity contribution is 6.31. The molecule has 140 valence electrons. The maximum absolute atomic E-state index is 6.24. The molecule has 1 N–H and O–H groups in total. The van der Waals surface area contributed by atoms with Gasteiger partial charge in [-0.25, -0.2) is 0 Å². The highest BCUT2D eigenvalue weighted by atomic mass is 35.5. The minimum absolute atomic E-state index is 0.576. The SMILES string of the molecule is CCCCCCCCC(C)C(C)C(C)c1ccc2[nH]c(Cl)c(C)c2c1. The summed E-state index contributed by atoms with van der Waals surface area (Å²) in [7, 11) is 0. The van der Waals surface area contributed by atoms with E-state index in [2.05, 4.69) is 57.8 Å². The molecule has 1 aromatic carbocycles. The Morgan fingerprint density at radius 2 is 1.68 bits per heavy atom. The zero-order valence-corrected chi connectivity index (χ0v) is 17.5. The smallest absolute Gasteiger partial charge is 0.110 e. The van der Waals surface area contributed by atoms with Crippen molar-refractivity contribution in [3.63, 3.8) is 0 Å². The number of nitrogens with one attached hydrogen (secondary N) is 1. The molecular weight excluding hydrogens is 326 g/mol. The molecule has 0 amide bonds. The Morgan fingerprint density at radius 1 is 1.00 bits per heavy atom. The fraction of sp³-hybridized carbons (Fsp3) is 0.652. The van der Waals surface area contributed by atoms with Crippen molar-refractivity contribution in [1.29, 1.82) is 0 Å². The Balaban J connectivity index is 1.92. The molecular formula is C23H36ClN. The lowest BCUT2D eigenvalue weighted by Crippen LogP contribution is -2.15. The molecule has 2 aromatic rings. The molecule has 2 heteroatoms. The van der Waals surface area contributed by atoms with E-state index in [0.717, 1.165) is 16.6 Å². The predicted octanol–water partition coefficient (Wildman–Crippen LogP) is 8.26. The van der Waals surface area contributed by atoms with Crippen LogP contribution in [-0.2, 0) is 0 Å². The van der Waals surface area contributed by atoms with E-state index in [4.69, 9.17) is 11.6 Å². The summed E-state index contributed by atoms with van der Waals surface area (Å²) in [6.45, 7) is 11.6. The molecule has 0 fully saturated rings. The van der Waals surface area contributed by atoms with Crippen LogP contribution in [0, 0.1) is 18.8 Å². The molecule has 3 atom stereocenters. The summed E-state index contributed by atoms with van der Waals surface area (Å²) >= 11 is 6.24. The largest absolute Gasteiger partial charge is 0.345 e. The molecule has 1 aromatic heterocycles. The Morgan fingerprint density at radius 3 is 2.40 bits per heavy atom. The third kappa shape index (κ3) is 5.26. The van der Waals surface area contributed by atoms with Crippen molar-refractivity contribution >= 4 is 22.5 Å². The first-order valence-corrected chi connectivity index (χ1v) is 10.6. The summed E-state index contributed by atoms with van der Waals surface area (Å²) in [5.41, 5.74) is 3.75. The van der Waals surface area contributed by atoms with Gasteiger partial charge in [-0.15, -0.1) is 0 Å². The average molecular weight is 362 g/mol. The van der Waals surface area contributed by atoms with Crippen LogP contribution in [0.3, 0.4) is 0 Å². The lowest BCUT2D eigenvalue weighted by molar-refractivity contribution is 0.310. The van der Waals surface area contributed by atoms with E-state index in [1.165, 1.54) is 61.5 Å². The van der Waals surface area contributed by atoms with E-state index in [1.54, 1.807) is 0 Å². The monoisotopic (exact) mass is 361 g/mol. The first kappa shape index (κ1) is 20.4. The van der Waals surface area contributed by atoms with Gasteiger partial charge in [0.2, 0.25) is 0 Å². The number of aromatic nitrogens is 1. The van der Waals surface area contributed by atoms with Crippen LogP contribution in [0.1, 0.15) is 89.7 Å². The van der Waals surface area contributed by atoms with Crippen LogP contribution in [0.5, 0.6) is 0 Å². The quantitative estimate of drug-likeness (QED) is 0.410. The van der Waals surface area contributed by atoms with Gasteiger partial charge >= 0.3 is 0 Å². The van der Waals surface area contributed by atoms with Crippen LogP contribution >= 0.6 is 11.6 Å². The maximum Gasteiger partial charge on any atom is 0.110 e. The third-order valence-corrected chi connectivity index (χ3v) is 6.62. The number of hydrogen-bond donors (Lipinski definition) is 1. The van der Waals surface area contributed by atoms with E-state index in [0.29, 0.717) is 11.8 Å². The number of benzene rings is 1. The molecule has 0 bridgehead atoms. The van der Waals surface area contributed by atoms with Gasteiger partial charge in [-0.2, -0.15) is 0 Å². The van der Waals surface area contributed by atoms with Crippen LogP contribution in [0.4, 0.5) is 0 Å². The van der Waals surface area contributed by atoms with Gasteiger partial charge in [0, 0.05) is 10.9 Å². The Labute approximate surface area is 159 Å². The van der Waals surface area contributed by atoms with Gasteiger partial charge in [-0.1, -0.05) is 90.3 Å². The zero-order chi connectivity index (χ0) is 18.4. The third-order valence-electron chi connectivity index (χ3n) is 6.25. The molecule has 0 aliphatic rings. The standard InChI is InChI=1S/C23H36ClN/c1-6-7-8-9-10-11-12-16(2)17(3)18(4)20-13-14-22-21(15-20)19(5)23(24)25-22/h13-18,25H,6-12H2,1-5H3. The summed E-state index contributed by atoms with van der Waals surface area (Å²) < 4.78 is 0. The number of rotatable bonds is 10. The minimum Gasteiger partial charge on any atom is -0.345 e. The van der Waals surface area contributed by atoms with Gasteiger partial charge in [-0.3, -0.25) is 0 Å². The molecule has 0 aliphatic carbocycles. The second kappa shape index (κ2) is 9.67. The fourth-order valence-corrected chi connectivity index (χ4v) is 4.10. The average Bonchev–Trinajstić information content (AvgIpc) is 2.90. The summed E-state index contributed by atoms with van der Waals surface area (Å²) in [6.07, 6.45) is 9.69. The van der Waals surface area contributed by atoms with Crippen LogP contribution in [0.25, 0.3) is 10.9 Å². The van der Waals surface area contributed by atoms with E-state index in [-0.39, 0.29) is 0 Å². The number of halogens is 1. The number of hydrogen-bond acceptors (Lipinski definition) is 0. The second-order valence-electron chi connectivity index (χ2n) is 8.05. The summed E-state index contributed by atoms with van der Waals surface area (Å²) in [6, 6.07) is 6.80. The highest BCUT2D eigenvalue weighted by Crippen LogP contribution is 2.35. The lowest BCUT2D eigenvalue weighted by atomic mass is 9.78. The summed E-state index contributed by atoms with van der Waals surface area (Å²) in [4.78, 5) is 3.26. The first-order chi connectivity index (χ1) is 12.0. The molecule has 0 radical (unpaired) electrons. The molecule has 0 saturated carbocycles. The molecule has 3 unspecified atom stereocenters. The molecule has 2 rings (SSSR count). The Kier molecular flexibility index (Phi) is 7.87. The van der Waals surface area contributed by atoms with Crippen molar-refractivity contribution in [2.24, 2.45) is 11.8 Å². The van der Waals surface area contributed by atoms with Crippen LogP contribution in [0.2, 0.25) is 5.15 Å². The predicted molar refractivity (Wildman–Crippen MR) is 113 cm³/mol. The maximum atomic E-state index is 6.24. The topological polar surface area (TPSA) is 15.8 Å². The summed E-state index contributed by atoms with van der Waals surface area (Å²) in [5.74, 6) is 2.04. The number of aromatic amines is 1. The first-order valence-electron chi connectivity index (χ1n) is 10.2. The van der Waals surface area contributed by atoms with Gasteiger partial charge in [0.25, 0.3) is 0 Å². The molecule has 25 heavy (non-hydrogen) atoms. The van der Waals surface area contributed by atoms with Gasteiger partial charge < -0.3 is 4.98 Å². The van der Waals surface area contributed by atoms with E-state index >= 15 is 0 Å². The number of unbranched alkanes of at least 4 members (excludes halogenated alkanes) is 5. The molecule has 0 aliphatic heterocycles. The van der Waals surface area contributed by atoms with E-state index in [1.807, 2.05) is 0 Å². The van der Waals surface area contributed by atoms with E-state index in [9.17, 15) is 0 Å².